The summed E-state index contributed by atoms with van der Waals surface area (Å²) in [6, 6.07) is 2.09. The first kappa shape index (κ1) is 13.6. The van der Waals surface area contributed by atoms with Gasteiger partial charge in [0.05, 0.1) is 11.1 Å². The number of rotatable bonds is 6. The molecule has 98 valence electrons. The lowest BCUT2D eigenvalue weighted by Gasteiger charge is -2.07. The van der Waals surface area contributed by atoms with Crippen LogP contribution in [0.5, 0.6) is 0 Å². The number of thioether (sulfide) groups is 1. The maximum atomic E-state index is 4.62. The molecule has 0 aliphatic carbocycles. The third kappa shape index (κ3) is 3.36. The van der Waals surface area contributed by atoms with Crippen molar-refractivity contribution in [3.8, 4) is 0 Å². The molecule has 0 amide bonds. The lowest BCUT2D eigenvalue weighted by Crippen LogP contribution is -2.03. The SMILES string of the molecule is CCNc1nc(CSCC(C)C)nc2sccc12. The summed E-state index contributed by atoms with van der Waals surface area (Å²) < 4.78 is 0. The molecule has 3 nitrogen and oxygen atoms in total. The van der Waals surface area contributed by atoms with E-state index in [1.54, 1.807) is 11.3 Å². The van der Waals surface area contributed by atoms with Crippen LogP contribution in [0.15, 0.2) is 11.4 Å². The Morgan fingerprint density at radius 1 is 1.39 bits per heavy atom. The van der Waals surface area contributed by atoms with E-state index in [0.29, 0.717) is 5.92 Å². The van der Waals surface area contributed by atoms with E-state index >= 15 is 0 Å². The molecule has 0 radical (unpaired) electrons. The minimum Gasteiger partial charge on any atom is -0.370 e. The van der Waals surface area contributed by atoms with Gasteiger partial charge in [0.1, 0.15) is 16.5 Å². The molecule has 0 saturated carbocycles. The second kappa shape index (κ2) is 6.38. The number of hydrogen-bond acceptors (Lipinski definition) is 5. The summed E-state index contributed by atoms with van der Waals surface area (Å²) in [5, 5.41) is 6.54. The number of nitrogens with zero attached hydrogens (tertiary/aromatic N) is 2. The van der Waals surface area contributed by atoms with E-state index in [4.69, 9.17) is 0 Å². The second-order valence-electron chi connectivity index (χ2n) is 4.57. The van der Waals surface area contributed by atoms with Gasteiger partial charge in [0.2, 0.25) is 0 Å². The summed E-state index contributed by atoms with van der Waals surface area (Å²) in [5.74, 6) is 4.68. The van der Waals surface area contributed by atoms with Crippen LogP contribution >= 0.6 is 23.1 Å². The summed E-state index contributed by atoms with van der Waals surface area (Å²) in [4.78, 5) is 10.3. The molecule has 0 spiro atoms. The quantitative estimate of drug-likeness (QED) is 0.868. The molecular weight excluding hydrogens is 262 g/mol. The standard InChI is InChI=1S/C13H19N3S2/c1-4-14-12-10-5-6-18-13(10)16-11(15-12)8-17-7-9(2)3/h5-6,9H,4,7-8H2,1-3H3,(H,14,15,16). The van der Waals surface area contributed by atoms with E-state index in [2.05, 4.69) is 47.5 Å². The number of thiophene rings is 1. The third-order valence-corrected chi connectivity index (χ3v) is 4.57. The van der Waals surface area contributed by atoms with E-state index in [-0.39, 0.29) is 0 Å². The Balaban J connectivity index is 2.17. The summed E-state index contributed by atoms with van der Waals surface area (Å²) in [6.45, 7) is 7.45. The molecule has 0 aromatic carbocycles. The van der Waals surface area contributed by atoms with Crippen molar-refractivity contribution in [2.24, 2.45) is 5.92 Å². The van der Waals surface area contributed by atoms with Crippen LogP contribution in [0.2, 0.25) is 0 Å². The minimum atomic E-state index is 0.716. The molecule has 0 bridgehead atoms. The van der Waals surface area contributed by atoms with Gasteiger partial charge in [-0.15, -0.1) is 11.3 Å². The highest BCUT2D eigenvalue weighted by Crippen LogP contribution is 2.26. The van der Waals surface area contributed by atoms with E-state index in [1.165, 1.54) is 0 Å². The smallest absolute Gasteiger partial charge is 0.142 e. The lowest BCUT2D eigenvalue weighted by molar-refractivity contribution is 0.750. The van der Waals surface area contributed by atoms with Crippen LogP contribution in [0.25, 0.3) is 10.2 Å². The summed E-state index contributed by atoms with van der Waals surface area (Å²) >= 11 is 3.59. The number of hydrogen-bond donors (Lipinski definition) is 1. The van der Waals surface area contributed by atoms with E-state index in [0.717, 1.165) is 39.9 Å². The van der Waals surface area contributed by atoms with Gasteiger partial charge in [-0.05, 0) is 30.0 Å². The fraction of sp³-hybridized carbons (Fsp3) is 0.538. The van der Waals surface area contributed by atoms with Crippen molar-refractivity contribution in [3.63, 3.8) is 0 Å². The normalized spacial score (nSPS) is 11.3. The van der Waals surface area contributed by atoms with Crippen molar-refractivity contribution in [1.82, 2.24) is 9.97 Å². The highest BCUT2D eigenvalue weighted by molar-refractivity contribution is 7.98. The average molecular weight is 281 g/mol. The summed E-state index contributed by atoms with van der Waals surface area (Å²) in [7, 11) is 0. The lowest BCUT2D eigenvalue weighted by atomic mass is 10.3. The van der Waals surface area contributed by atoms with Crippen molar-refractivity contribution in [2.45, 2.75) is 26.5 Å². The number of aromatic nitrogens is 2. The molecule has 1 N–H and O–H groups in total. The van der Waals surface area contributed by atoms with Gasteiger partial charge in [-0.3, -0.25) is 0 Å². The van der Waals surface area contributed by atoms with Crippen LogP contribution in [-0.2, 0) is 5.75 Å². The molecule has 0 atom stereocenters. The molecule has 0 saturated heterocycles. The van der Waals surface area contributed by atoms with Crippen molar-refractivity contribution in [3.05, 3.63) is 17.3 Å². The predicted octanol–water partition coefficient (Wildman–Crippen LogP) is 4.01. The van der Waals surface area contributed by atoms with Gasteiger partial charge in [-0.2, -0.15) is 11.8 Å². The van der Waals surface area contributed by atoms with Gasteiger partial charge in [0.15, 0.2) is 0 Å². The molecule has 0 unspecified atom stereocenters. The van der Waals surface area contributed by atoms with Crippen LogP contribution in [0.1, 0.15) is 26.6 Å². The van der Waals surface area contributed by atoms with Gasteiger partial charge < -0.3 is 5.32 Å². The maximum Gasteiger partial charge on any atom is 0.142 e. The molecule has 0 aliphatic rings. The molecule has 5 heteroatoms. The Labute approximate surface area is 116 Å². The van der Waals surface area contributed by atoms with E-state index < -0.39 is 0 Å². The number of fused-ring (bicyclic) bond motifs is 1. The average Bonchev–Trinajstić information content (AvgIpc) is 2.77. The Morgan fingerprint density at radius 2 is 2.22 bits per heavy atom. The van der Waals surface area contributed by atoms with E-state index in [9.17, 15) is 0 Å². The van der Waals surface area contributed by atoms with Gasteiger partial charge in [-0.1, -0.05) is 13.8 Å². The molecule has 0 fully saturated rings. The Hall–Kier alpha value is -0.810. The van der Waals surface area contributed by atoms with Crippen LogP contribution in [0.4, 0.5) is 5.82 Å². The second-order valence-corrected chi connectivity index (χ2v) is 6.49. The first-order chi connectivity index (χ1) is 8.70. The molecular formula is C13H19N3S2. The molecule has 0 aliphatic heterocycles. The number of nitrogens with one attached hydrogen (secondary N) is 1. The van der Waals surface area contributed by atoms with Crippen LogP contribution in [0, 0.1) is 5.92 Å². The summed E-state index contributed by atoms with van der Waals surface area (Å²) in [6.07, 6.45) is 0. The molecule has 2 aromatic rings. The Kier molecular flexibility index (Phi) is 4.83. The first-order valence-corrected chi connectivity index (χ1v) is 8.30. The van der Waals surface area contributed by atoms with Crippen molar-refractivity contribution < 1.29 is 0 Å². The maximum absolute atomic E-state index is 4.62. The molecule has 2 rings (SSSR count). The fourth-order valence-corrected chi connectivity index (χ4v) is 3.34. The minimum absolute atomic E-state index is 0.716. The molecule has 18 heavy (non-hydrogen) atoms. The van der Waals surface area contributed by atoms with Gasteiger partial charge in [0, 0.05) is 6.54 Å². The zero-order valence-corrected chi connectivity index (χ0v) is 12.7. The topological polar surface area (TPSA) is 37.8 Å². The Morgan fingerprint density at radius 3 is 2.94 bits per heavy atom. The van der Waals surface area contributed by atoms with Crippen molar-refractivity contribution in [2.75, 3.05) is 17.6 Å². The van der Waals surface area contributed by atoms with Gasteiger partial charge in [-0.25, -0.2) is 9.97 Å². The van der Waals surface area contributed by atoms with Crippen LogP contribution in [-0.4, -0.2) is 22.3 Å². The van der Waals surface area contributed by atoms with Crippen LogP contribution < -0.4 is 5.32 Å². The largest absolute Gasteiger partial charge is 0.370 e. The molecule has 2 heterocycles. The van der Waals surface area contributed by atoms with Crippen molar-refractivity contribution in [1.29, 1.82) is 0 Å². The zero-order chi connectivity index (χ0) is 13.0. The zero-order valence-electron chi connectivity index (χ0n) is 11.1. The van der Waals surface area contributed by atoms with Gasteiger partial charge >= 0.3 is 0 Å². The van der Waals surface area contributed by atoms with Crippen molar-refractivity contribution >= 4 is 39.1 Å². The summed E-state index contributed by atoms with van der Waals surface area (Å²) in [5.41, 5.74) is 0. The third-order valence-electron chi connectivity index (χ3n) is 2.40. The monoisotopic (exact) mass is 281 g/mol. The van der Waals surface area contributed by atoms with Crippen LogP contribution in [0.3, 0.4) is 0 Å². The fourth-order valence-electron chi connectivity index (χ4n) is 1.65. The highest BCUT2D eigenvalue weighted by atomic mass is 32.2. The number of anilines is 1. The highest BCUT2D eigenvalue weighted by Gasteiger charge is 2.08. The Bertz CT molecular complexity index is 508. The predicted molar refractivity (Wildman–Crippen MR) is 82.6 cm³/mol. The first-order valence-electron chi connectivity index (χ1n) is 6.26. The van der Waals surface area contributed by atoms with Gasteiger partial charge in [0.25, 0.3) is 0 Å². The van der Waals surface area contributed by atoms with E-state index in [1.807, 2.05) is 11.8 Å². The molecule has 2 aromatic heterocycles.